The van der Waals surface area contributed by atoms with Crippen molar-refractivity contribution in [3.8, 4) is 0 Å². The number of carbonyl (C=O) groups is 1. The van der Waals surface area contributed by atoms with Gasteiger partial charge in [-0.05, 0) is 37.0 Å². The molecule has 1 aliphatic rings. The number of hydrogen-bond acceptors (Lipinski definition) is 3. The molecule has 2 rings (SSSR count). The smallest absolute Gasteiger partial charge is 0.224 e. The van der Waals surface area contributed by atoms with Crippen molar-refractivity contribution in [2.75, 3.05) is 24.3 Å². The monoisotopic (exact) mass is 280 g/mol. The highest BCUT2D eigenvalue weighted by molar-refractivity contribution is 5.93. The third-order valence-corrected chi connectivity index (χ3v) is 3.35. The average Bonchev–Trinajstić information content (AvgIpc) is 3.21. The third-order valence-electron chi connectivity index (χ3n) is 3.35. The molecule has 1 aliphatic carbocycles. The second-order valence-corrected chi connectivity index (χ2v) is 5.23. The molecule has 20 heavy (non-hydrogen) atoms. The minimum absolute atomic E-state index is 0.130. The molecule has 3 N–H and O–H groups in total. The van der Waals surface area contributed by atoms with Gasteiger partial charge in [0.25, 0.3) is 0 Å². The van der Waals surface area contributed by atoms with E-state index in [1.54, 1.807) is 0 Å². The molecule has 4 nitrogen and oxygen atoms in total. The van der Waals surface area contributed by atoms with Gasteiger partial charge in [-0.3, -0.25) is 4.79 Å². The van der Waals surface area contributed by atoms with Gasteiger partial charge in [0.1, 0.15) is 5.82 Å². The highest BCUT2D eigenvalue weighted by Gasteiger charge is 2.20. The zero-order chi connectivity index (χ0) is 14.4. The zero-order valence-electron chi connectivity index (χ0n) is 11.5. The Hall–Kier alpha value is -1.62. The van der Waals surface area contributed by atoms with Crippen molar-refractivity contribution < 1.29 is 13.9 Å². The maximum atomic E-state index is 12.9. The van der Waals surface area contributed by atoms with Crippen molar-refractivity contribution in [1.29, 1.82) is 0 Å². The third kappa shape index (κ3) is 5.17. The minimum Gasteiger partial charge on any atom is -0.397 e. The molecule has 0 radical (unpaired) electrons. The Bertz CT molecular complexity index is 461. The molecule has 1 amide bonds. The van der Waals surface area contributed by atoms with Crippen LogP contribution in [0.5, 0.6) is 0 Å². The molecule has 110 valence electrons. The maximum Gasteiger partial charge on any atom is 0.224 e. The lowest BCUT2D eigenvalue weighted by atomic mass is 10.2. The summed E-state index contributed by atoms with van der Waals surface area (Å²) in [5.74, 6) is 0.332. The van der Waals surface area contributed by atoms with E-state index in [0.29, 0.717) is 25.1 Å². The van der Waals surface area contributed by atoms with Crippen LogP contribution in [0.3, 0.4) is 0 Å². The van der Waals surface area contributed by atoms with E-state index < -0.39 is 5.82 Å². The molecule has 0 saturated heterocycles. The van der Waals surface area contributed by atoms with Crippen LogP contribution < -0.4 is 11.1 Å². The molecule has 1 aromatic rings. The van der Waals surface area contributed by atoms with Crippen LogP contribution in [0.4, 0.5) is 15.8 Å². The van der Waals surface area contributed by atoms with Crippen LogP contribution in [0.25, 0.3) is 0 Å². The first kappa shape index (κ1) is 14.8. The lowest BCUT2D eigenvalue weighted by molar-refractivity contribution is -0.116. The van der Waals surface area contributed by atoms with Gasteiger partial charge in [0, 0.05) is 19.6 Å². The summed E-state index contributed by atoms with van der Waals surface area (Å²) in [7, 11) is 0. The lowest BCUT2D eigenvalue weighted by Crippen LogP contribution is -2.13. The topological polar surface area (TPSA) is 64.3 Å². The van der Waals surface area contributed by atoms with E-state index in [1.807, 2.05) is 0 Å². The lowest BCUT2D eigenvalue weighted by Gasteiger charge is -2.08. The Morgan fingerprint density at radius 2 is 2.20 bits per heavy atom. The number of anilines is 2. The van der Waals surface area contributed by atoms with E-state index in [1.165, 1.54) is 31.0 Å². The van der Waals surface area contributed by atoms with E-state index in [4.69, 9.17) is 10.5 Å². The van der Waals surface area contributed by atoms with E-state index in [-0.39, 0.29) is 11.6 Å². The Morgan fingerprint density at radius 3 is 2.90 bits per heavy atom. The Morgan fingerprint density at radius 1 is 1.40 bits per heavy atom. The molecule has 0 spiro atoms. The van der Waals surface area contributed by atoms with Crippen molar-refractivity contribution in [2.45, 2.75) is 32.1 Å². The summed E-state index contributed by atoms with van der Waals surface area (Å²) in [5, 5.41) is 2.67. The summed E-state index contributed by atoms with van der Waals surface area (Å²) >= 11 is 0. The Balaban J connectivity index is 1.59. The number of nitrogens with two attached hydrogens (primary N) is 1. The van der Waals surface area contributed by atoms with E-state index >= 15 is 0 Å². The van der Waals surface area contributed by atoms with Gasteiger partial charge in [0.05, 0.1) is 11.4 Å². The van der Waals surface area contributed by atoms with Crippen LogP contribution >= 0.6 is 0 Å². The number of benzene rings is 1. The van der Waals surface area contributed by atoms with Crippen LogP contribution in [0.15, 0.2) is 18.2 Å². The number of nitrogens with one attached hydrogen (secondary N) is 1. The van der Waals surface area contributed by atoms with Gasteiger partial charge in [-0.15, -0.1) is 0 Å². The predicted molar refractivity (Wildman–Crippen MR) is 76.8 cm³/mol. The first-order valence-corrected chi connectivity index (χ1v) is 7.08. The first-order chi connectivity index (χ1) is 9.65. The van der Waals surface area contributed by atoms with Crippen LogP contribution in [-0.2, 0) is 9.53 Å². The van der Waals surface area contributed by atoms with Crippen molar-refractivity contribution in [1.82, 2.24) is 0 Å². The summed E-state index contributed by atoms with van der Waals surface area (Å²) < 4.78 is 18.3. The Kier molecular flexibility index (Phi) is 5.35. The fourth-order valence-corrected chi connectivity index (χ4v) is 1.95. The van der Waals surface area contributed by atoms with Crippen molar-refractivity contribution in [2.24, 2.45) is 5.92 Å². The van der Waals surface area contributed by atoms with Gasteiger partial charge in [0.15, 0.2) is 0 Å². The van der Waals surface area contributed by atoms with Crippen LogP contribution in [0.1, 0.15) is 32.1 Å². The molecule has 1 saturated carbocycles. The first-order valence-electron chi connectivity index (χ1n) is 7.08. The summed E-state index contributed by atoms with van der Waals surface area (Å²) in [6, 6.07) is 3.93. The highest BCUT2D eigenvalue weighted by Crippen LogP contribution is 2.32. The van der Waals surface area contributed by atoms with Gasteiger partial charge in [0.2, 0.25) is 5.91 Å². The quantitative estimate of drug-likeness (QED) is 0.568. The molecule has 1 aromatic carbocycles. The highest BCUT2D eigenvalue weighted by atomic mass is 19.1. The number of amides is 1. The molecule has 0 atom stereocenters. The number of rotatable bonds is 8. The van der Waals surface area contributed by atoms with E-state index in [2.05, 4.69) is 5.32 Å². The standard InChI is InChI=1S/C15H21FN2O2/c16-12-5-6-14(13(17)10-12)18-15(19)2-1-8-20-9-7-11-3-4-11/h5-6,10-11H,1-4,7-9,17H2,(H,18,19). The summed E-state index contributed by atoms with van der Waals surface area (Å²) in [5.41, 5.74) is 6.30. The number of nitrogen functional groups attached to an aromatic ring is 1. The molecule has 0 heterocycles. The molecular weight excluding hydrogens is 259 g/mol. The number of carbonyl (C=O) groups excluding carboxylic acids is 1. The van der Waals surface area contributed by atoms with Crippen LogP contribution in [0, 0.1) is 11.7 Å². The number of hydrogen-bond donors (Lipinski definition) is 2. The fraction of sp³-hybridized carbons (Fsp3) is 0.533. The fourth-order valence-electron chi connectivity index (χ4n) is 1.95. The van der Waals surface area contributed by atoms with Crippen molar-refractivity contribution in [3.63, 3.8) is 0 Å². The molecule has 0 bridgehead atoms. The van der Waals surface area contributed by atoms with E-state index in [0.717, 1.165) is 18.9 Å². The molecule has 0 aliphatic heterocycles. The predicted octanol–water partition coefficient (Wildman–Crippen LogP) is 2.94. The van der Waals surface area contributed by atoms with Crippen LogP contribution in [-0.4, -0.2) is 19.1 Å². The largest absolute Gasteiger partial charge is 0.397 e. The molecular formula is C15H21FN2O2. The average molecular weight is 280 g/mol. The summed E-state index contributed by atoms with van der Waals surface area (Å²) in [6.07, 6.45) is 4.87. The van der Waals surface area contributed by atoms with Crippen molar-refractivity contribution in [3.05, 3.63) is 24.0 Å². The molecule has 1 fully saturated rings. The summed E-state index contributed by atoms with van der Waals surface area (Å²) in [4.78, 5) is 11.7. The molecule has 0 unspecified atom stereocenters. The van der Waals surface area contributed by atoms with Gasteiger partial charge in [-0.25, -0.2) is 4.39 Å². The van der Waals surface area contributed by atoms with Gasteiger partial charge in [-0.2, -0.15) is 0 Å². The second kappa shape index (κ2) is 7.24. The second-order valence-electron chi connectivity index (χ2n) is 5.23. The number of halogens is 1. The van der Waals surface area contributed by atoms with E-state index in [9.17, 15) is 9.18 Å². The van der Waals surface area contributed by atoms with Gasteiger partial charge in [-0.1, -0.05) is 12.8 Å². The Labute approximate surface area is 118 Å². The minimum atomic E-state index is -0.412. The SMILES string of the molecule is Nc1cc(F)ccc1NC(=O)CCCOCCC1CC1. The van der Waals surface area contributed by atoms with Gasteiger partial charge < -0.3 is 15.8 Å². The summed E-state index contributed by atoms with van der Waals surface area (Å²) in [6.45, 7) is 1.39. The molecule has 5 heteroatoms. The van der Waals surface area contributed by atoms with Crippen molar-refractivity contribution >= 4 is 17.3 Å². The van der Waals surface area contributed by atoms with Gasteiger partial charge >= 0.3 is 0 Å². The number of ether oxygens (including phenoxy) is 1. The van der Waals surface area contributed by atoms with Crippen LogP contribution in [0.2, 0.25) is 0 Å². The molecule has 0 aromatic heterocycles. The maximum absolute atomic E-state index is 12.9. The normalized spacial score (nSPS) is 14.2. The zero-order valence-corrected chi connectivity index (χ0v) is 11.5.